The molecule has 0 saturated carbocycles. The lowest BCUT2D eigenvalue weighted by molar-refractivity contribution is -0.147. The Labute approximate surface area is 261 Å². The molecule has 1 saturated heterocycles. The Hall–Kier alpha value is -3.02. The molecule has 2 atom stereocenters. The summed E-state index contributed by atoms with van der Waals surface area (Å²) in [5.41, 5.74) is 0.423. The zero-order valence-corrected chi connectivity index (χ0v) is 25.8. The van der Waals surface area contributed by atoms with Crippen molar-refractivity contribution in [2.24, 2.45) is 0 Å². The summed E-state index contributed by atoms with van der Waals surface area (Å²) in [6.07, 6.45) is -3.06. The van der Waals surface area contributed by atoms with Crippen molar-refractivity contribution >= 4 is 27.1 Å². The van der Waals surface area contributed by atoms with E-state index in [1.165, 1.54) is 49.5 Å². The van der Waals surface area contributed by atoms with Crippen LogP contribution in [0.5, 0.6) is 0 Å². The van der Waals surface area contributed by atoms with Gasteiger partial charge in [-0.2, -0.15) is 22.0 Å². The van der Waals surface area contributed by atoms with Crippen LogP contribution >= 0.6 is 11.3 Å². The number of carbonyl (C=O) groups is 1. The summed E-state index contributed by atoms with van der Waals surface area (Å²) in [5, 5.41) is 13.1. The molecule has 2 heterocycles. The molecule has 16 heteroatoms. The average molecular weight is 677 g/mol. The summed E-state index contributed by atoms with van der Waals surface area (Å²) in [4.78, 5) is 21.6. The number of aliphatic hydroxyl groups excluding tert-OH is 1. The number of nitrogens with zero attached hydrogens (tertiary/aromatic N) is 3. The van der Waals surface area contributed by atoms with E-state index in [-0.39, 0.29) is 28.7 Å². The van der Waals surface area contributed by atoms with Crippen LogP contribution in [0.3, 0.4) is 0 Å². The van der Waals surface area contributed by atoms with Gasteiger partial charge in [0.15, 0.2) is 9.84 Å². The maximum atomic E-state index is 13.0. The van der Waals surface area contributed by atoms with Gasteiger partial charge in [0.05, 0.1) is 48.2 Å². The van der Waals surface area contributed by atoms with E-state index in [1.807, 2.05) is 9.80 Å². The first-order valence-electron chi connectivity index (χ1n) is 14.0. The topological polar surface area (TPSA) is 112 Å². The van der Waals surface area contributed by atoms with E-state index in [4.69, 9.17) is 0 Å². The molecule has 246 valence electrons. The van der Waals surface area contributed by atoms with Crippen LogP contribution in [0.4, 0.5) is 22.0 Å². The second kappa shape index (κ2) is 15.0. The van der Waals surface area contributed by atoms with Crippen LogP contribution in [0.25, 0.3) is 0 Å². The van der Waals surface area contributed by atoms with E-state index in [9.17, 15) is 40.3 Å². The van der Waals surface area contributed by atoms with Gasteiger partial charge >= 0.3 is 12.8 Å². The molecule has 1 fully saturated rings. The van der Waals surface area contributed by atoms with Gasteiger partial charge in [0, 0.05) is 32.2 Å². The highest BCUT2D eigenvalue weighted by atomic mass is 32.2. The van der Waals surface area contributed by atoms with Crippen LogP contribution < -0.4 is 5.32 Å². The van der Waals surface area contributed by atoms with Gasteiger partial charge in [0.25, 0.3) is 5.91 Å². The first-order chi connectivity index (χ1) is 21.3. The van der Waals surface area contributed by atoms with Crippen molar-refractivity contribution in [3.05, 3.63) is 81.3 Å². The van der Waals surface area contributed by atoms with Crippen molar-refractivity contribution in [2.75, 3.05) is 38.6 Å². The Morgan fingerprint density at radius 1 is 1.11 bits per heavy atom. The molecule has 0 unspecified atom stereocenters. The number of sulfone groups is 1. The Morgan fingerprint density at radius 3 is 2.40 bits per heavy atom. The number of aliphatic hydroxyl groups is 1. The molecule has 9 nitrogen and oxygen atoms in total. The first-order valence-corrected chi connectivity index (χ1v) is 16.5. The smallest absolute Gasteiger partial charge is 0.394 e. The molecule has 1 aliphatic heterocycles. The quantitative estimate of drug-likeness (QED) is 0.257. The highest BCUT2D eigenvalue weighted by molar-refractivity contribution is 7.91. The molecule has 1 amide bonds. The molecule has 2 N–H and O–H groups in total. The molecule has 0 bridgehead atoms. The summed E-state index contributed by atoms with van der Waals surface area (Å²) in [6, 6.07) is 9.45. The van der Waals surface area contributed by atoms with Gasteiger partial charge in [-0.3, -0.25) is 14.6 Å². The molecular formula is C29H33F5N4O5S2. The monoisotopic (exact) mass is 676 g/mol. The van der Waals surface area contributed by atoms with Crippen LogP contribution in [0.1, 0.15) is 44.3 Å². The van der Waals surface area contributed by atoms with E-state index in [0.717, 1.165) is 23.5 Å². The second-order valence-electron chi connectivity index (χ2n) is 10.4. The van der Waals surface area contributed by atoms with Crippen molar-refractivity contribution in [1.29, 1.82) is 0 Å². The van der Waals surface area contributed by atoms with E-state index in [0.29, 0.717) is 42.3 Å². The molecular weight excluding hydrogens is 643 g/mol. The van der Waals surface area contributed by atoms with Crippen LogP contribution in [-0.2, 0) is 33.8 Å². The second-order valence-corrected chi connectivity index (χ2v) is 13.8. The normalized spacial score (nSPS) is 17.5. The van der Waals surface area contributed by atoms with E-state index in [2.05, 4.69) is 15.0 Å². The molecule has 3 aromatic rings. The lowest BCUT2D eigenvalue weighted by atomic mass is 10.1. The fourth-order valence-corrected chi connectivity index (χ4v) is 6.64. The van der Waals surface area contributed by atoms with Gasteiger partial charge in [0.1, 0.15) is 9.88 Å². The number of aromatic nitrogens is 1. The zero-order valence-electron chi connectivity index (χ0n) is 24.2. The number of alkyl halides is 5. The van der Waals surface area contributed by atoms with Crippen molar-refractivity contribution in [3.63, 3.8) is 0 Å². The summed E-state index contributed by atoms with van der Waals surface area (Å²) in [6.45, 7) is -0.287. The van der Waals surface area contributed by atoms with Crippen LogP contribution in [0, 0.1) is 0 Å². The number of hydrogen-bond acceptors (Lipinski definition) is 9. The minimum absolute atomic E-state index is 0.0569. The van der Waals surface area contributed by atoms with E-state index < -0.39 is 52.8 Å². The molecule has 45 heavy (non-hydrogen) atoms. The average Bonchev–Trinajstić information content (AvgIpc) is 3.48. The SMILES string of the molecule is CCS(=O)(=O)c1ccc([C@H](CO)NC(=O)c2cnc(CN3CCN(Cc4ccc(C(F)(F)F)cc4)C[C@H]3COC(F)F)s2)cc1. The van der Waals surface area contributed by atoms with Gasteiger partial charge in [-0.25, -0.2) is 13.4 Å². The number of carbonyl (C=O) groups excluding carboxylic acids is 1. The Bertz CT molecular complexity index is 1520. The highest BCUT2D eigenvalue weighted by Crippen LogP contribution is 2.29. The molecule has 1 aromatic heterocycles. The van der Waals surface area contributed by atoms with Crippen molar-refractivity contribution < 1.29 is 45.0 Å². The largest absolute Gasteiger partial charge is 0.416 e. The standard InChI is InChI=1S/C29H33F5N4O5S2/c1-2-45(41,42)23-9-5-20(6-10-23)24(17-39)36-27(40)25-13-35-26(44-25)16-38-12-11-37(15-22(38)18-43-28(30)31)14-19-3-7-21(8-4-19)29(32,33)34/h3-10,13,22,24,28,39H,2,11-12,14-18H2,1H3,(H,36,40)/t22-,24-/m0/s1. The Kier molecular flexibility index (Phi) is 11.7. The fraction of sp³-hybridized carbons (Fsp3) is 0.448. The number of thiazole rings is 1. The third kappa shape index (κ3) is 9.50. The van der Waals surface area contributed by atoms with Crippen molar-refractivity contribution in [1.82, 2.24) is 20.1 Å². The summed E-state index contributed by atoms with van der Waals surface area (Å²) in [7, 11) is -3.40. The Morgan fingerprint density at radius 2 is 1.80 bits per heavy atom. The molecule has 0 radical (unpaired) electrons. The third-order valence-electron chi connectivity index (χ3n) is 7.42. The highest BCUT2D eigenvalue weighted by Gasteiger charge is 2.31. The number of rotatable bonds is 13. The number of piperazine rings is 1. The van der Waals surface area contributed by atoms with Gasteiger partial charge in [-0.1, -0.05) is 31.2 Å². The van der Waals surface area contributed by atoms with Crippen LogP contribution in [-0.4, -0.2) is 85.5 Å². The summed E-state index contributed by atoms with van der Waals surface area (Å²) >= 11 is 1.10. The molecule has 2 aromatic carbocycles. The van der Waals surface area contributed by atoms with Gasteiger partial charge in [-0.05, 0) is 35.4 Å². The maximum Gasteiger partial charge on any atom is 0.416 e. The number of nitrogens with one attached hydrogen (secondary N) is 1. The van der Waals surface area contributed by atoms with Crippen LogP contribution in [0.2, 0.25) is 0 Å². The predicted octanol–water partition coefficient (Wildman–Crippen LogP) is 4.34. The molecule has 0 aliphatic carbocycles. The molecule has 0 spiro atoms. The number of amides is 1. The van der Waals surface area contributed by atoms with E-state index in [1.54, 1.807) is 0 Å². The number of benzene rings is 2. The summed E-state index contributed by atoms with van der Waals surface area (Å²) < 4.78 is 93.3. The van der Waals surface area contributed by atoms with Crippen molar-refractivity contribution in [3.8, 4) is 0 Å². The van der Waals surface area contributed by atoms with Gasteiger partial charge in [0.2, 0.25) is 0 Å². The minimum Gasteiger partial charge on any atom is -0.394 e. The summed E-state index contributed by atoms with van der Waals surface area (Å²) in [5.74, 6) is -0.555. The first kappa shape index (κ1) is 34.8. The van der Waals surface area contributed by atoms with E-state index >= 15 is 0 Å². The number of hydrogen-bond donors (Lipinski definition) is 2. The van der Waals surface area contributed by atoms with Crippen molar-refractivity contribution in [2.45, 2.75) is 49.8 Å². The number of halogens is 5. The molecule has 4 rings (SSSR count). The third-order valence-corrected chi connectivity index (χ3v) is 10.1. The Balaban J connectivity index is 1.38. The fourth-order valence-electron chi connectivity index (χ4n) is 4.91. The van der Waals surface area contributed by atoms with Crippen LogP contribution in [0.15, 0.2) is 59.6 Å². The predicted molar refractivity (Wildman–Crippen MR) is 156 cm³/mol. The van der Waals surface area contributed by atoms with Gasteiger partial charge < -0.3 is 15.2 Å². The maximum absolute atomic E-state index is 13.0. The molecule has 1 aliphatic rings. The minimum atomic E-state index is -4.44. The lowest BCUT2D eigenvalue weighted by Gasteiger charge is -2.41. The lowest BCUT2D eigenvalue weighted by Crippen LogP contribution is -2.54. The zero-order chi connectivity index (χ0) is 32.8. The number of ether oxygens (including phenoxy) is 1. The van der Waals surface area contributed by atoms with Gasteiger partial charge in [-0.15, -0.1) is 11.3 Å².